The molecule has 0 aromatic carbocycles. The number of nitrogens with zero attached hydrogens (tertiary/aromatic N) is 2. The maximum atomic E-state index is 11.5. The van der Waals surface area contributed by atoms with Crippen LogP contribution in [0.15, 0.2) is 24.7 Å². The predicted molar refractivity (Wildman–Crippen MR) is 69.5 cm³/mol. The average Bonchev–Trinajstić information content (AvgIpc) is 2.42. The molecule has 0 aliphatic rings. The minimum Gasteiger partial charge on any atom is -0.391 e. The topological polar surface area (TPSA) is 75.1 Å². The highest BCUT2D eigenvalue weighted by Crippen LogP contribution is 2.05. The van der Waals surface area contributed by atoms with E-state index in [4.69, 9.17) is 0 Å². The van der Waals surface area contributed by atoms with Gasteiger partial charge in [-0.25, -0.2) is 9.97 Å². The van der Waals surface area contributed by atoms with Gasteiger partial charge < -0.3 is 10.4 Å². The monoisotopic (exact) mass is 249 g/mol. The average molecular weight is 249 g/mol. The van der Waals surface area contributed by atoms with Gasteiger partial charge in [0.1, 0.15) is 6.33 Å². The number of hydrogen-bond acceptors (Lipinski definition) is 4. The fourth-order valence-corrected chi connectivity index (χ4v) is 1.30. The second-order valence-corrected chi connectivity index (χ2v) is 4.17. The van der Waals surface area contributed by atoms with Crippen molar-refractivity contribution in [1.82, 2.24) is 15.3 Å². The molecule has 0 saturated carbocycles. The lowest BCUT2D eigenvalue weighted by Crippen LogP contribution is -2.34. The van der Waals surface area contributed by atoms with E-state index in [1.54, 1.807) is 18.3 Å². The van der Waals surface area contributed by atoms with Crippen LogP contribution in [-0.4, -0.2) is 33.6 Å². The molecule has 5 nitrogen and oxygen atoms in total. The van der Waals surface area contributed by atoms with Gasteiger partial charge in [0.05, 0.1) is 11.8 Å². The number of aliphatic hydroxyl groups excluding tert-OH is 1. The Bertz CT molecular complexity index is 392. The van der Waals surface area contributed by atoms with Crippen LogP contribution in [0.25, 0.3) is 6.08 Å². The van der Waals surface area contributed by atoms with Crippen LogP contribution >= 0.6 is 0 Å². The molecule has 1 amide bonds. The first kappa shape index (κ1) is 14.3. The summed E-state index contributed by atoms with van der Waals surface area (Å²) in [5, 5.41) is 12.3. The Morgan fingerprint density at radius 2 is 2.39 bits per heavy atom. The van der Waals surface area contributed by atoms with Crippen molar-refractivity contribution in [3.63, 3.8) is 0 Å². The van der Waals surface area contributed by atoms with Gasteiger partial charge in [0, 0.05) is 18.8 Å². The lowest BCUT2D eigenvalue weighted by molar-refractivity contribution is -0.117. The van der Waals surface area contributed by atoms with Gasteiger partial charge >= 0.3 is 0 Å². The molecule has 98 valence electrons. The van der Waals surface area contributed by atoms with E-state index in [0.29, 0.717) is 5.69 Å². The first-order valence-corrected chi connectivity index (χ1v) is 6.03. The van der Waals surface area contributed by atoms with Gasteiger partial charge in [0.2, 0.25) is 5.91 Å². The number of aromatic nitrogens is 2. The molecule has 0 aliphatic heterocycles. The van der Waals surface area contributed by atoms with Gasteiger partial charge in [-0.15, -0.1) is 0 Å². The summed E-state index contributed by atoms with van der Waals surface area (Å²) >= 11 is 0. The molecule has 1 heterocycles. The van der Waals surface area contributed by atoms with E-state index in [1.807, 2.05) is 13.8 Å². The van der Waals surface area contributed by atoms with Crippen molar-refractivity contribution in [3.8, 4) is 0 Å². The number of rotatable bonds is 6. The fourth-order valence-electron chi connectivity index (χ4n) is 1.30. The van der Waals surface area contributed by atoms with Crippen molar-refractivity contribution in [2.24, 2.45) is 5.92 Å². The molecule has 0 aliphatic carbocycles. The van der Waals surface area contributed by atoms with Crippen LogP contribution in [0.2, 0.25) is 0 Å². The first-order valence-electron chi connectivity index (χ1n) is 6.03. The lowest BCUT2D eigenvalue weighted by atomic mass is 10.0. The molecule has 2 N–H and O–H groups in total. The zero-order chi connectivity index (χ0) is 13.4. The Morgan fingerprint density at radius 1 is 1.61 bits per heavy atom. The number of amides is 1. The minimum atomic E-state index is -0.508. The molecule has 2 unspecified atom stereocenters. The number of carbonyl (C=O) groups excluding carboxylic acids is 1. The minimum absolute atomic E-state index is 0.177. The van der Waals surface area contributed by atoms with Crippen molar-refractivity contribution >= 4 is 12.0 Å². The molecule has 0 bridgehead atoms. The van der Waals surface area contributed by atoms with E-state index < -0.39 is 6.10 Å². The Labute approximate surface area is 107 Å². The molecule has 5 heteroatoms. The van der Waals surface area contributed by atoms with Gasteiger partial charge in [-0.1, -0.05) is 20.3 Å². The van der Waals surface area contributed by atoms with Crippen molar-refractivity contribution in [2.75, 3.05) is 6.54 Å². The summed E-state index contributed by atoms with van der Waals surface area (Å²) in [5.41, 5.74) is 0.669. The van der Waals surface area contributed by atoms with Crippen LogP contribution in [0.4, 0.5) is 0 Å². The Hall–Kier alpha value is -1.75. The van der Waals surface area contributed by atoms with Crippen LogP contribution in [0.1, 0.15) is 26.0 Å². The zero-order valence-electron chi connectivity index (χ0n) is 10.7. The summed E-state index contributed by atoms with van der Waals surface area (Å²) in [6.07, 6.45) is 6.40. The van der Waals surface area contributed by atoms with E-state index in [2.05, 4.69) is 15.3 Å². The second kappa shape index (κ2) is 7.55. The molecule has 2 atom stereocenters. The normalized spacial score (nSPS) is 14.4. The van der Waals surface area contributed by atoms with Crippen LogP contribution in [0, 0.1) is 5.92 Å². The molecule has 0 saturated heterocycles. The molecule has 1 aromatic heterocycles. The highest BCUT2D eigenvalue weighted by Gasteiger charge is 2.12. The number of hydrogen-bond donors (Lipinski definition) is 2. The molecule has 1 aromatic rings. The molecule has 0 fully saturated rings. The third-order valence-electron chi connectivity index (χ3n) is 2.80. The fraction of sp³-hybridized carbons (Fsp3) is 0.462. The Kier molecular flexibility index (Phi) is 6.00. The third kappa shape index (κ3) is 5.05. The molecular formula is C13H19N3O2. The van der Waals surface area contributed by atoms with Gasteiger partial charge in [0.15, 0.2) is 0 Å². The van der Waals surface area contributed by atoms with Crippen molar-refractivity contribution in [2.45, 2.75) is 26.4 Å². The van der Waals surface area contributed by atoms with E-state index in [-0.39, 0.29) is 18.4 Å². The number of aliphatic hydroxyl groups is 1. The van der Waals surface area contributed by atoms with Gasteiger partial charge in [-0.2, -0.15) is 0 Å². The summed E-state index contributed by atoms with van der Waals surface area (Å²) in [6, 6.07) is 1.71. The summed E-state index contributed by atoms with van der Waals surface area (Å²) in [6.45, 7) is 4.22. The summed E-state index contributed by atoms with van der Waals surface area (Å²) < 4.78 is 0. The van der Waals surface area contributed by atoms with Gasteiger partial charge in [-0.05, 0) is 18.1 Å². The van der Waals surface area contributed by atoms with E-state index >= 15 is 0 Å². The van der Waals surface area contributed by atoms with Crippen molar-refractivity contribution < 1.29 is 9.90 Å². The van der Waals surface area contributed by atoms with Crippen LogP contribution in [0.3, 0.4) is 0 Å². The second-order valence-electron chi connectivity index (χ2n) is 4.17. The van der Waals surface area contributed by atoms with Crippen LogP contribution in [0.5, 0.6) is 0 Å². The standard InChI is InChI=1S/C13H19N3O2/c1-3-10(2)12(17)8-15-13(18)5-4-11-6-7-14-9-16-11/h4-7,9-10,12,17H,3,8H2,1-2H3,(H,15,18)/b5-4+. The molecule has 1 rings (SSSR count). The predicted octanol–water partition coefficient (Wildman–Crippen LogP) is 1.01. The quantitative estimate of drug-likeness (QED) is 0.738. The van der Waals surface area contributed by atoms with Gasteiger partial charge in [-0.3, -0.25) is 4.79 Å². The SMILES string of the molecule is CCC(C)C(O)CNC(=O)/C=C/c1ccncn1. The van der Waals surface area contributed by atoms with E-state index in [0.717, 1.165) is 6.42 Å². The zero-order valence-corrected chi connectivity index (χ0v) is 10.7. The van der Waals surface area contributed by atoms with Crippen LogP contribution < -0.4 is 5.32 Å². The van der Waals surface area contributed by atoms with Crippen molar-refractivity contribution in [1.29, 1.82) is 0 Å². The molecule has 0 radical (unpaired) electrons. The summed E-state index contributed by atoms with van der Waals surface area (Å²) in [4.78, 5) is 19.2. The highest BCUT2D eigenvalue weighted by molar-refractivity contribution is 5.91. The summed E-state index contributed by atoms with van der Waals surface area (Å²) in [7, 11) is 0. The Balaban J connectivity index is 2.36. The third-order valence-corrected chi connectivity index (χ3v) is 2.80. The smallest absolute Gasteiger partial charge is 0.244 e. The number of nitrogens with one attached hydrogen (secondary N) is 1. The van der Waals surface area contributed by atoms with Crippen LogP contribution in [-0.2, 0) is 4.79 Å². The molecule has 0 spiro atoms. The maximum absolute atomic E-state index is 11.5. The molecule has 18 heavy (non-hydrogen) atoms. The first-order chi connectivity index (χ1) is 8.63. The molecular weight excluding hydrogens is 230 g/mol. The highest BCUT2D eigenvalue weighted by atomic mass is 16.3. The number of carbonyl (C=O) groups is 1. The maximum Gasteiger partial charge on any atom is 0.244 e. The Morgan fingerprint density at radius 3 is 3.00 bits per heavy atom. The van der Waals surface area contributed by atoms with Gasteiger partial charge in [0.25, 0.3) is 0 Å². The summed E-state index contributed by atoms with van der Waals surface area (Å²) in [5.74, 6) is -0.0629. The largest absolute Gasteiger partial charge is 0.391 e. The van der Waals surface area contributed by atoms with E-state index in [9.17, 15) is 9.90 Å². The van der Waals surface area contributed by atoms with E-state index in [1.165, 1.54) is 12.4 Å². The van der Waals surface area contributed by atoms with Crippen molar-refractivity contribution in [3.05, 3.63) is 30.4 Å². The lowest BCUT2D eigenvalue weighted by Gasteiger charge is -2.16.